The number of carboxylic acids is 1. The van der Waals surface area contributed by atoms with Crippen molar-refractivity contribution in [3.63, 3.8) is 0 Å². The molecule has 1 saturated heterocycles. The molecule has 1 heterocycles. The van der Waals surface area contributed by atoms with Gasteiger partial charge in [0.05, 0.1) is 23.3 Å². The van der Waals surface area contributed by atoms with Crippen LogP contribution in [0.15, 0.2) is 29.2 Å². The van der Waals surface area contributed by atoms with Crippen molar-refractivity contribution in [1.29, 1.82) is 5.26 Å². The van der Waals surface area contributed by atoms with E-state index in [4.69, 9.17) is 10.4 Å². The number of carboxylic acid groups (broad SMARTS) is 1. The molecule has 1 fully saturated rings. The van der Waals surface area contributed by atoms with Gasteiger partial charge in [-0.25, -0.2) is 0 Å². The minimum Gasteiger partial charge on any atom is -0.481 e. The van der Waals surface area contributed by atoms with E-state index in [9.17, 15) is 9.59 Å². The molecule has 0 aromatic heterocycles. The summed E-state index contributed by atoms with van der Waals surface area (Å²) < 4.78 is 0. The summed E-state index contributed by atoms with van der Waals surface area (Å²) in [4.78, 5) is 26.1. The van der Waals surface area contributed by atoms with Crippen LogP contribution in [0, 0.1) is 23.2 Å². The number of amides is 1. The van der Waals surface area contributed by atoms with Gasteiger partial charge < -0.3 is 10.0 Å². The highest BCUT2D eigenvalue weighted by Crippen LogP contribution is 2.28. The molecule has 2 atom stereocenters. The number of hydrogen-bond acceptors (Lipinski definition) is 4. The van der Waals surface area contributed by atoms with Crippen LogP contribution in [0.5, 0.6) is 0 Å². The van der Waals surface area contributed by atoms with Gasteiger partial charge in [0.1, 0.15) is 0 Å². The fourth-order valence-corrected chi connectivity index (χ4v) is 3.21. The van der Waals surface area contributed by atoms with Crippen molar-refractivity contribution in [2.75, 3.05) is 18.8 Å². The third kappa shape index (κ3) is 3.37. The summed E-state index contributed by atoms with van der Waals surface area (Å²) >= 11 is 1.32. The number of hydrogen-bond donors (Lipinski definition) is 1. The lowest BCUT2D eigenvalue weighted by Gasteiger charge is -2.17. The first-order valence-corrected chi connectivity index (χ1v) is 7.64. The largest absolute Gasteiger partial charge is 0.481 e. The van der Waals surface area contributed by atoms with Gasteiger partial charge in [-0.3, -0.25) is 9.59 Å². The van der Waals surface area contributed by atoms with Crippen molar-refractivity contribution >= 4 is 23.6 Å². The molecule has 0 radical (unpaired) electrons. The van der Waals surface area contributed by atoms with Gasteiger partial charge in [0, 0.05) is 18.0 Å². The van der Waals surface area contributed by atoms with Crippen LogP contribution in [-0.2, 0) is 4.79 Å². The van der Waals surface area contributed by atoms with Gasteiger partial charge in [-0.15, -0.1) is 11.8 Å². The maximum atomic E-state index is 12.6. The highest BCUT2D eigenvalue weighted by Gasteiger charge is 2.37. The number of carbonyl (C=O) groups excluding carboxylic acids is 1. The Bertz CT molecular complexity index is 597. The molecular formula is C15H16N2O3S. The predicted molar refractivity (Wildman–Crippen MR) is 79.0 cm³/mol. The average molecular weight is 304 g/mol. The van der Waals surface area contributed by atoms with Gasteiger partial charge in [0.15, 0.2) is 0 Å². The molecule has 0 spiro atoms. The first-order chi connectivity index (χ1) is 10.0. The van der Waals surface area contributed by atoms with E-state index in [0.29, 0.717) is 12.1 Å². The monoisotopic (exact) mass is 304 g/mol. The molecule has 21 heavy (non-hydrogen) atoms. The summed E-state index contributed by atoms with van der Waals surface area (Å²) in [5.41, 5.74) is 0.538. The van der Waals surface area contributed by atoms with E-state index >= 15 is 0 Å². The molecule has 0 aliphatic carbocycles. The highest BCUT2D eigenvalue weighted by molar-refractivity contribution is 7.99. The van der Waals surface area contributed by atoms with Crippen LogP contribution in [-0.4, -0.2) is 40.7 Å². The van der Waals surface area contributed by atoms with Crippen LogP contribution in [0.2, 0.25) is 0 Å². The Kier molecular flexibility index (Phi) is 4.86. The van der Waals surface area contributed by atoms with Crippen molar-refractivity contribution in [2.45, 2.75) is 11.8 Å². The van der Waals surface area contributed by atoms with Crippen molar-refractivity contribution < 1.29 is 14.7 Å². The Morgan fingerprint density at radius 3 is 2.76 bits per heavy atom. The Balaban J connectivity index is 2.18. The van der Waals surface area contributed by atoms with Crippen LogP contribution >= 0.6 is 11.8 Å². The molecule has 2 unspecified atom stereocenters. The normalized spacial score (nSPS) is 21.0. The molecule has 6 heteroatoms. The van der Waals surface area contributed by atoms with E-state index in [0.717, 1.165) is 4.90 Å². The van der Waals surface area contributed by atoms with E-state index in [1.165, 1.54) is 11.8 Å². The molecule has 0 bridgehead atoms. The molecule has 1 amide bonds. The zero-order valence-corrected chi connectivity index (χ0v) is 12.5. The first kappa shape index (κ1) is 15.4. The van der Waals surface area contributed by atoms with Crippen molar-refractivity contribution in [2.24, 2.45) is 11.8 Å². The van der Waals surface area contributed by atoms with Crippen molar-refractivity contribution in [3.8, 4) is 6.07 Å². The number of rotatable bonds is 4. The molecule has 5 nitrogen and oxygen atoms in total. The van der Waals surface area contributed by atoms with Gasteiger partial charge in [0.25, 0.3) is 5.91 Å². The van der Waals surface area contributed by atoms with E-state index in [2.05, 4.69) is 0 Å². The van der Waals surface area contributed by atoms with E-state index in [1.807, 2.05) is 25.1 Å². The maximum Gasteiger partial charge on any atom is 0.308 e. The van der Waals surface area contributed by atoms with Gasteiger partial charge in [0.2, 0.25) is 0 Å². The van der Waals surface area contributed by atoms with Crippen LogP contribution in [0.25, 0.3) is 0 Å². The van der Waals surface area contributed by atoms with Crippen molar-refractivity contribution in [1.82, 2.24) is 4.90 Å². The fourth-order valence-electron chi connectivity index (χ4n) is 2.50. The number of likely N-dealkylation sites (tertiary alicyclic amines) is 1. The standard InChI is InChI=1S/C15H16N2O3S/c1-10-8-17(9-12(10)15(19)20)14(18)11-4-2-3-5-13(11)21-7-6-16/h2-5,10,12H,7-9H2,1H3,(H,19,20). The first-order valence-electron chi connectivity index (χ1n) is 6.65. The zero-order chi connectivity index (χ0) is 15.4. The van der Waals surface area contributed by atoms with Gasteiger partial charge in [-0.2, -0.15) is 5.26 Å². The van der Waals surface area contributed by atoms with Crippen LogP contribution in [0.3, 0.4) is 0 Å². The molecule has 1 aliphatic heterocycles. The second-order valence-corrected chi connectivity index (χ2v) is 6.09. The Hall–Kier alpha value is -2.00. The molecule has 1 aromatic rings. The number of aliphatic carboxylic acids is 1. The van der Waals surface area contributed by atoms with Gasteiger partial charge >= 0.3 is 5.97 Å². The van der Waals surface area contributed by atoms with Gasteiger partial charge in [-0.05, 0) is 18.1 Å². The maximum absolute atomic E-state index is 12.6. The Morgan fingerprint density at radius 2 is 2.14 bits per heavy atom. The summed E-state index contributed by atoms with van der Waals surface area (Å²) in [6, 6.07) is 9.17. The number of nitriles is 1. The van der Waals surface area contributed by atoms with Crippen LogP contribution < -0.4 is 0 Å². The molecular weight excluding hydrogens is 288 g/mol. The number of nitrogens with zero attached hydrogens (tertiary/aromatic N) is 2. The lowest BCUT2D eigenvalue weighted by atomic mass is 9.99. The van der Waals surface area contributed by atoms with Gasteiger partial charge in [-0.1, -0.05) is 19.1 Å². The molecule has 1 N–H and O–H groups in total. The molecule has 0 saturated carbocycles. The molecule has 1 aromatic carbocycles. The SMILES string of the molecule is CC1CN(C(=O)c2ccccc2SCC#N)CC1C(=O)O. The van der Waals surface area contributed by atoms with Crippen LogP contribution in [0.4, 0.5) is 0 Å². The summed E-state index contributed by atoms with van der Waals surface area (Å²) in [6.45, 7) is 2.54. The van der Waals surface area contributed by atoms with Crippen LogP contribution in [0.1, 0.15) is 17.3 Å². The number of carbonyl (C=O) groups is 2. The lowest BCUT2D eigenvalue weighted by Crippen LogP contribution is -2.30. The summed E-state index contributed by atoms with van der Waals surface area (Å²) in [7, 11) is 0. The summed E-state index contributed by atoms with van der Waals surface area (Å²) in [5.74, 6) is -1.30. The average Bonchev–Trinajstić information content (AvgIpc) is 2.87. The highest BCUT2D eigenvalue weighted by atomic mass is 32.2. The minimum atomic E-state index is -0.857. The number of thioether (sulfide) groups is 1. The fraction of sp³-hybridized carbons (Fsp3) is 0.400. The molecule has 1 aliphatic rings. The second kappa shape index (κ2) is 6.64. The Morgan fingerprint density at radius 1 is 1.43 bits per heavy atom. The Labute approximate surface area is 127 Å². The molecule has 2 rings (SSSR count). The lowest BCUT2D eigenvalue weighted by molar-refractivity contribution is -0.142. The number of benzene rings is 1. The molecule has 110 valence electrons. The third-order valence-corrected chi connectivity index (χ3v) is 4.57. The van der Waals surface area contributed by atoms with E-state index < -0.39 is 11.9 Å². The smallest absolute Gasteiger partial charge is 0.308 e. The second-order valence-electron chi connectivity index (χ2n) is 5.08. The minimum absolute atomic E-state index is 0.0506. The summed E-state index contributed by atoms with van der Waals surface area (Å²) in [5, 5.41) is 17.8. The quantitative estimate of drug-likeness (QED) is 0.861. The topological polar surface area (TPSA) is 81.4 Å². The zero-order valence-electron chi connectivity index (χ0n) is 11.7. The predicted octanol–water partition coefficient (Wildman–Crippen LogP) is 2.09. The van der Waals surface area contributed by atoms with Crippen molar-refractivity contribution in [3.05, 3.63) is 29.8 Å². The van der Waals surface area contributed by atoms with E-state index in [1.54, 1.807) is 17.0 Å². The summed E-state index contributed by atoms with van der Waals surface area (Å²) in [6.07, 6.45) is 0. The third-order valence-electron chi connectivity index (χ3n) is 3.63. The van der Waals surface area contributed by atoms with E-state index in [-0.39, 0.29) is 24.1 Å².